The van der Waals surface area contributed by atoms with E-state index < -0.39 is 11.7 Å². The Labute approximate surface area is 91.4 Å². The predicted molar refractivity (Wildman–Crippen MR) is 58.8 cm³/mol. The van der Waals surface area contributed by atoms with Crippen molar-refractivity contribution >= 4 is 11.9 Å². The second-order valence-corrected chi connectivity index (χ2v) is 4.50. The molecular weight excluding hydrogens is 194 g/mol. The molecule has 0 aliphatic rings. The molecular formula is C11H21NO3. The van der Waals surface area contributed by atoms with Crippen molar-refractivity contribution in [3.8, 4) is 0 Å². The van der Waals surface area contributed by atoms with Crippen LogP contribution in [0.25, 0.3) is 0 Å². The highest BCUT2D eigenvalue weighted by atomic mass is 16.6. The zero-order valence-corrected chi connectivity index (χ0v) is 10.1. The van der Waals surface area contributed by atoms with E-state index in [-0.39, 0.29) is 12.3 Å². The molecule has 0 fully saturated rings. The second-order valence-electron chi connectivity index (χ2n) is 4.50. The van der Waals surface area contributed by atoms with Crippen molar-refractivity contribution in [2.75, 3.05) is 6.54 Å². The Balaban J connectivity index is 3.67. The normalized spacial score (nSPS) is 10.9. The fourth-order valence-electron chi connectivity index (χ4n) is 0.947. The summed E-state index contributed by atoms with van der Waals surface area (Å²) in [4.78, 5) is 22.4. The molecule has 1 N–H and O–H groups in total. The SMILES string of the molecule is CCCCC(=O)CNC(=O)OC(C)(C)C. The van der Waals surface area contributed by atoms with Crippen molar-refractivity contribution in [1.29, 1.82) is 0 Å². The molecule has 88 valence electrons. The third-order valence-corrected chi connectivity index (χ3v) is 1.64. The minimum absolute atomic E-state index is 0.0442. The Hall–Kier alpha value is -1.06. The zero-order chi connectivity index (χ0) is 11.9. The highest BCUT2D eigenvalue weighted by Gasteiger charge is 2.16. The molecule has 0 bridgehead atoms. The first-order chi connectivity index (χ1) is 6.85. The van der Waals surface area contributed by atoms with Crippen LogP contribution in [0.4, 0.5) is 4.79 Å². The minimum atomic E-state index is -0.535. The van der Waals surface area contributed by atoms with Gasteiger partial charge in [0.2, 0.25) is 0 Å². The van der Waals surface area contributed by atoms with Gasteiger partial charge in [-0.05, 0) is 27.2 Å². The third-order valence-electron chi connectivity index (χ3n) is 1.64. The van der Waals surface area contributed by atoms with Gasteiger partial charge in [0.25, 0.3) is 0 Å². The van der Waals surface area contributed by atoms with E-state index in [1.165, 1.54) is 0 Å². The maximum absolute atomic E-state index is 11.2. The number of amides is 1. The smallest absolute Gasteiger partial charge is 0.408 e. The third kappa shape index (κ3) is 9.25. The number of unbranched alkanes of at least 4 members (excludes halogenated alkanes) is 1. The lowest BCUT2D eigenvalue weighted by molar-refractivity contribution is -0.118. The van der Waals surface area contributed by atoms with Crippen LogP contribution < -0.4 is 5.32 Å². The largest absolute Gasteiger partial charge is 0.444 e. The average Bonchev–Trinajstić information content (AvgIpc) is 2.08. The maximum atomic E-state index is 11.2. The maximum Gasteiger partial charge on any atom is 0.408 e. The highest BCUT2D eigenvalue weighted by Crippen LogP contribution is 2.06. The van der Waals surface area contributed by atoms with Crippen molar-refractivity contribution in [1.82, 2.24) is 5.32 Å². The van der Waals surface area contributed by atoms with Crippen molar-refractivity contribution in [2.45, 2.75) is 52.6 Å². The molecule has 15 heavy (non-hydrogen) atoms. The standard InChI is InChI=1S/C11H21NO3/c1-5-6-7-9(13)8-12-10(14)15-11(2,3)4/h5-8H2,1-4H3,(H,12,14). The van der Waals surface area contributed by atoms with Crippen LogP contribution in [0.3, 0.4) is 0 Å². The van der Waals surface area contributed by atoms with Crippen LogP contribution in [0.1, 0.15) is 47.0 Å². The number of hydrogen-bond acceptors (Lipinski definition) is 3. The van der Waals surface area contributed by atoms with Crippen LogP contribution in [0.2, 0.25) is 0 Å². The molecule has 0 radical (unpaired) electrons. The molecule has 0 rings (SSSR count). The molecule has 0 aromatic heterocycles. The summed E-state index contributed by atoms with van der Waals surface area (Å²) < 4.78 is 4.99. The lowest BCUT2D eigenvalue weighted by atomic mass is 10.2. The second kappa shape index (κ2) is 6.43. The number of carbonyl (C=O) groups excluding carboxylic acids is 2. The van der Waals surface area contributed by atoms with E-state index in [0.717, 1.165) is 12.8 Å². The minimum Gasteiger partial charge on any atom is -0.444 e. The van der Waals surface area contributed by atoms with E-state index in [9.17, 15) is 9.59 Å². The number of alkyl carbamates (subject to hydrolysis) is 1. The molecule has 0 saturated heterocycles. The molecule has 0 atom stereocenters. The van der Waals surface area contributed by atoms with Gasteiger partial charge in [-0.15, -0.1) is 0 Å². The number of nitrogens with one attached hydrogen (secondary N) is 1. The molecule has 0 saturated carbocycles. The van der Waals surface area contributed by atoms with E-state index in [0.29, 0.717) is 6.42 Å². The summed E-state index contributed by atoms with van der Waals surface area (Å²) in [6.07, 6.45) is 1.84. The van der Waals surface area contributed by atoms with E-state index in [4.69, 9.17) is 4.74 Å². The van der Waals surface area contributed by atoms with E-state index in [2.05, 4.69) is 5.32 Å². The monoisotopic (exact) mass is 215 g/mol. The van der Waals surface area contributed by atoms with Crippen molar-refractivity contribution in [3.05, 3.63) is 0 Å². The molecule has 0 aromatic carbocycles. The summed E-state index contributed by atoms with van der Waals surface area (Å²) in [6, 6.07) is 0. The molecule has 4 nitrogen and oxygen atoms in total. The Bertz CT molecular complexity index is 218. The van der Waals surface area contributed by atoms with Gasteiger partial charge >= 0.3 is 6.09 Å². The number of carbonyl (C=O) groups is 2. The van der Waals surface area contributed by atoms with Crippen LogP contribution in [0, 0.1) is 0 Å². The van der Waals surface area contributed by atoms with Gasteiger partial charge in [-0.3, -0.25) is 4.79 Å². The molecule has 1 amide bonds. The Morgan fingerprint density at radius 1 is 1.27 bits per heavy atom. The number of rotatable bonds is 5. The van der Waals surface area contributed by atoms with Gasteiger partial charge in [-0.2, -0.15) is 0 Å². The first-order valence-corrected chi connectivity index (χ1v) is 5.33. The van der Waals surface area contributed by atoms with Crippen molar-refractivity contribution < 1.29 is 14.3 Å². The quantitative estimate of drug-likeness (QED) is 0.765. The van der Waals surface area contributed by atoms with Crippen LogP contribution in [0.15, 0.2) is 0 Å². The van der Waals surface area contributed by atoms with Crippen LogP contribution in [-0.4, -0.2) is 24.0 Å². The van der Waals surface area contributed by atoms with Crippen LogP contribution >= 0.6 is 0 Å². The van der Waals surface area contributed by atoms with Crippen molar-refractivity contribution in [2.24, 2.45) is 0 Å². The lowest BCUT2D eigenvalue weighted by Crippen LogP contribution is -2.35. The van der Waals surface area contributed by atoms with Gasteiger partial charge in [-0.25, -0.2) is 4.79 Å². The van der Waals surface area contributed by atoms with Gasteiger partial charge in [0, 0.05) is 6.42 Å². The van der Waals surface area contributed by atoms with Gasteiger partial charge in [-0.1, -0.05) is 13.3 Å². The summed E-state index contributed by atoms with van der Waals surface area (Å²) in [5, 5.41) is 2.44. The fraction of sp³-hybridized carbons (Fsp3) is 0.818. The van der Waals surface area contributed by atoms with Crippen molar-refractivity contribution in [3.63, 3.8) is 0 Å². The Kier molecular flexibility index (Phi) is 5.97. The number of Topliss-reactive ketones (excluding diaryl/α,β-unsaturated/α-hetero) is 1. The molecule has 0 heterocycles. The van der Waals surface area contributed by atoms with Crippen LogP contribution in [-0.2, 0) is 9.53 Å². The lowest BCUT2D eigenvalue weighted by Gasteiger charge is -2.19. The van der Waals surface area contributed by atoms with Crippen LogP contribution in [0.5, 0.6) is 0 Å². The number of hydrogen-bond donors (Lipinski definition) is 1. The van der Waals surface area contributed by atoms with Gasteiger partial charge in [0.05, 0.1) is 6.54 Å². The molecule has 0 spiro atoms. The summed E-state index contributed by atoms with van der Waals surface area (Å²) in [5.41, 5.74) is -0.517. The first kappa shape index (κ1) is 13.9. The first-order valence-electron chi connectivity index (χ1n) is 5.33. The molecule has 0 aromatic rings. The molecule has 0 unspecified atom stereocenters. The van der Waals surface area contributed by atoms with Gasteiger partial charge in [0.15, 0.2) is 5.78 Å². The summed E-state index contributed by atoms with van der Waals surface area (Å²) >= 11 is 0. The van der Waals surface area contributed by atoms with Gasteiger partial charge in [0.1, 0.15) is 5.60 Å². The summed E-state index contributed by atoms with van der Waals surface area (Å²) in [5.74, 6) is 0.0442. The highest BCUT2D eigenvalue weighted by molar-refractivity contribution is 5.83. The van der Waals surface area contributed by atoms with E-state index in [1.54, 1.807) is 20.8 Å². The predicted octanol–water partition coefficient (Wildman–Crippen LogP) is 2.27. The zero-order valence-electron chi connectivity index (χ0n) is 10.1. The van der Waals surface area contributed by atoms with E-state index in [1.807, 2.05) is 6.92 Å². The van der Waals surface area contributed by atoms with E-state index >= 15 is 0 Å². The summed E-state index contributed by atoms with van der Waals surface area (Å²) in [7, 11) is 0. The topological polar surface area (TPSA) is 55.4 Å². The Morgan fingerprint density at radius 2 is 1.87 bits per heavy atom. The summed E-state index contributed by atoms with van der Waals surface area (Å²) in [6.45, 7) is 7.44. The van der Waals surface area contributed by atoms with Gasteiger partial charge < -0.3 is 10.1 Å². The molecule has 0 aliphatic carbocycles. The molecule has 0 aliphatic heterocycles. The Morgan fingerprint density at radius 3 is 2.33 bits per heavy atom. The molecule has 4 heteroatoms. The fourth-order valence-corrected chi connectivity index (χ4v) is 0.947. The number of ether oxygens (including phenoxy) is 1. The number of ketones is 1. The average molecular weight is 215 g/mol.